The maximum atomic E-state index is 13.4. The van der Waals surface area contributed by atoms with Crippen LogP contribution in [0.2, 0.25) is 0 Å². The SMILES string of the molecule is COc1cc(C(=O)N2CC(=O)Nc3cc(-c4cccc(O)c4)ccc32)cc(OC)c1OC. The highest BCUT2D eigenvalue weighted by atomic mass is 16.5. The van der Waals surface area contributed by atoms with E-state index in [1.54, 1.807) is 42.5 Å². The van der Waals surface area contributed by atoms with Gasteiger partial charge in [0, 0.05) is 5.56 Å². The standard InChI is InChI=1S/C24H22N2O6/c1-30-20-11-16(12-21(31-2)23(20)32-3)24(29)26-13-22(28)25-18-10-15(7-8-19(18)26)14-5-4-6-17(27)9-14/h4-12,27H,13H2,1-3H3,(H,25,28). The second-order valence-corrected chi connectivity index (χ2v) is 7.14. The minimum Gasteiger partial charge on any atom is -0.508 e. The van der Waals surface area contributed by atoms with Crippen molar-refractivity contribution < 1.29 is 28.9 Å². The first-order chi connectivity index (χ1) is 15.4. The molecule has 0 saturated carbocycles. The number of methoxy groups -OCH3 is 3. The molecule has 1 aliphatic heterocycles. The summed E-state index contributed by atoms with van der Waals surface area (Å²) >= 11 is 0. The van der Waals surface area contributed by atoms with Gasteiger partial charge >= 0.3 is 0 Å². The van der Waals surface area contributed by atoms with Crippen LogP contribution in [0.4, 0.5) is 11.4 Å². The number of carbonyl (C=O) groups excluding carboxylic acids is 2. The van der Waals surface area contributed by atoms with E-state index in [4.69, 9.17) is 14.2 Å². The minimum atomic E-state index is -0.384. The van der Waals surface area contributed by atoms with Crippen LogP contribution in [0.5, 0.6) is 23.0 Å². The van der Waals surface area contributed by atoms with Gasteiger partial charge in [0.2, 0.25) is 11.7 Å². The number of rotatable bonds is 5. The van der Waals surface area contributed by atoms with Gasteiger partial charge in [-0.1, -0.05) is 18.2 Å². The first kappa shape index (κ1) is 21.0. The number of aromatic hydroxyl groups is 1. The van der Waals surface area contributed by atoms with E-state index in [2.05, 4.69) is 5.32 Å². The smallest absolute Gasteiger partial charge is 0.259 e. The van der Waals surface area contributed by atoms with Crippen molar-refractivity contribution >= 4 is 23.2 Å². The van der Waals surface area contributed by atoms with Gasteiger partial charge in [-0.2, -0.15) is 0 Å². The summed E-state index contributed by atoms with van der Waals surface area (Å²) in [5.74, 6) is 0.506. The molecule has 0 unspecified atom stereocenters. The second-order valence-electron chi connectivity index (χ2n) is 7.14. The Labute approximate surface area is 184 Å². The highest BCUT2D eigenvalue weighted by Gasteiger charge is 2.29. The maximum Gasteiger partial charge on any atom is 0.259 e. The number of phenols is 1. The molecule has 32 heavy (non-hydrogen) atoms. The van der Waals surface area contributed by atoms with Gasteiger partial charge in [-0.25, -0.2) is 0 Å². The molecule has 3 aromatic carbocycles. The normalized spacial score (nSPS) is 12.6. The monoisotopic (exact) mass is 434 g/mol. The molecule has 2 amide bonds. The number of anilines is 2. The van der Waals surface area contributed by atoms with Gasteiger partial charge in [-0.15, -0.1) is 0 Å². The van der Waals surface area contributed by atoms with Crippen LogP contribution < -0.4 is 24.4 Å². The summed E-state index contributed by atoms with van der Waals surface area (Å²) in [6, 6.07) is 15.3. The van der Waals surface area contributed by atoms with E-state index in [-0.39, 0.29) is 29.7 Å². The van der Waals surface area contributed by atoms with Gasteiger partial charge in [0.25, 0.3) is 5.91 Å². The Kier molecular flexibility index (Phi) is 5.59. The van der Waals surface area contributed by atoms with E-state index in [1.165, 1.54) is 26.2 Å². The fourth-order valence-electron chi connectivity index (χ4n) is 3.70. The van der Waals surface area contributed by atoms with Crippen molar-refractivity contribution in [1.82, 2.24) is 0 Å². The van der Waals surface area contributed by atoms with Crippen LogP contribution in [-0.2, 0) is 4.79 Å². The van der Waals surface area contributed by atoms with Crippen molar-refractivity contribution in [3.63, 3.8) is 0 Å². The molecule has 0 fully saturated rings. The Morgan fingerprint density at radius 1 is 0.938 bits per heavy atom. The van der Waals surface area contributed by atoms with Crippen LogP contribution >= 0.6 is 0 Å². The summed E-state index contributed by atoms with van der Waals surface area (Å²) in [5.41, 5.74) is 2.93. The average Bonchev–Trinajstić information content (AvgIpc) is 2.81. The zero-order valence-electron chi connectivity index (χ0n) is 17.8. The predicted molar refractivity (Wildman–Crippen MR) is 120 cm³/mol. The van der Waals surface area contributed by atoms with Gasteiger partial charge in [0.15, 0.2) is 11.5 Å². The molecule has 0 atom stereocenters. The largest absolute Gasteiger partial charge is 0.508 e. The first-order valence-corrected chi connectivity index (χ1v) is 9.80. The third-order valence-corrected chi connectivity index (χ3v) is 5.20. The number of nitrogens with zero attached hydrogens (tertiary/aromatic N) is 1. The van der Waals surface area contributed by atoms with Crippen LogP contribution in [0.25, 0.3) is 11.1 Å². The summed E-state index contributed by atoms with van der Waals surface area (Å²) in [6.07, 6.45) is 0. The molecule has 8 heteroatoms. The highest BCUT2D eigenvalue weighted by Crippen LogP contribution is 2.40. The Bertz CT molecular complexity index is 1180. The molecule has 0 aliphatic carbocycles. The second kappa shape index (κ2) is 8.50. The molecule has 0 aromatic heterocycles. The van der Waals surface area contributed by atoms with Gasteiger partial charge in [0.1, 0.15) is 12.3 Å². The number of nitrogens with one attached hydrogen (secondary N) is 1. The molecule has 164 valence electrons. The molecule has 0 bridgehead atoms. The quantitative estimate of drug-likeness (QED) is 0.636. The number of carbonyl (C=O) groups is 2. The average molecular weight is 434 g/mol. The number of phenolic OH excluding ortho intramolecular Hbond substituents is 1. The molecule has 0 saturated heterocycles. The van der Waals surface area contributed by atoms with Crippen LogP contribution in [0.15, 0.2) is 54.6 Å². The number of hydrogen-bond acceptors (Lipinski definition) is 6. The molecule has 0 spiro atoms. The zero-order chi connectivity index (χ0) is 22.8. The van der Waals surface area contributed by atoms with Crippen molar-refractivity contribution in [3.8, 4) is 34.1 Å². The number of ether oxygens (including phenoxy) is 3. The lowest BCUT2D eigenvalue weighted by molar-refractivity contribution is -0.115. The van der Waals surface area contributed by atoms with Crippen molar-refractivity contribution in [1.29, 1.82) is 0 Å². The lowest BCUT2D eigenvalue weighted by atomic mass is 10.0. The summed E-state index contributed by atoms with van der Waals surface area (Å²) in [4.78, 5) is 27.2. The minimum absolute atomic E-state index is 0.131. The Hall–Kier alpha value is -4.20. The van der Waals surface area contributed by atoms with Crippen molar-refractivity contribution in [3.05, 3.63) is 60.2 Å². The Morgan fingerprint density at radius 2 is 1.62 bits per heavy atom. The molecular formula is C24H22N2O6. The predicted octanol–water partition coefficient (Wildman–Crippen LogP) is 3.68. The van der Waals surface area contributed by atoms with Crippen LogP contribution in [0.1, 0.15) is 10.4 Å². The molecular weight excluding hydrogens is 412 g/mol. The number of benzene rings is 3. The summed E-state index contributed by atoms with van der Waals surface area (Å²) < 4.78 is 16.0. The molecule has 3 aromatic rings. The van der Waals surface area contributed by atoms with E-state index < -0.39 is 0 Å². The van der Waals surface area contributed by atoms with Crippen LogP contribution in [-0.4, -0.2) is 44.8 Å². The first-order valence-electron chi connectivity index (χ1n) is 9.80. The zero-order valence-corrected chi connectivity index (χ0v) is 17.8. The van der Waals surface area contributed by atoms with Gasteiger partial charge in [-0.05, 0) is 47.5 Å². The third kappa shape index (κ3) is 3.78. The lowest BCUT2D eigenvalue weighted by Gasteiger charge is -2.30. The molecule has 1 heterocycles. The van der Waals surface area contributed by atoms with E-state index in [9.17, 15) is 14.7 Å². The molecule has 0 radical (unpaired) electrons. The Morgan fingerprint density at radius 3 is 2.25 bits per heavy atom. The molecule has 1 aliphatic rings. The molecule has 2 N–H and O–H groups in total. The fraction of sp³-hybridized carbons (Fsp3) is 0.167. The molecule has 8 nitrogen and oxygen atoms in total. The van der Waals surface area contributed by atoms with Gasteiger partial charge in [-0.3, -0.25) is 14.5 Å². The van der Waals surface area contributed by atoms with Gasteiger partial charge < -0.3 is 24.6 Å². The third-order valence-electron chi connectivity index (χ3n) is 5.20. The van der Waals surface area contributed by atoms with E-state index >= 15 is 0 Å². The van der Waals surface area contributed by atoms with E-state index in [1.807, 2.05) is 12.1 Å². The van der Waals surface area contributed by atoms with Gasteiger partial charge in [0.05, 0.1) is 32.7 Å². The summed E-state index contributed by atoms with van der Waals surface area (Å²) in [7, 11) is 4.42. The fourth-order valence-corrected chi connectivity index (χ4v) is 3.70. The molecule has 4 rings (SSSR count). The Balaban J connectivity index is 1.75. The van der Waals surface area contributed by atoms with Crippen molar-refractivity contribution in [2.45, 2.75) is 0 Å². The van der Waals surface area contributed by atoms with Crippen LogP contribution in [0, 0.1) is 0 Å². The van der Waals surface area contributed by atoms with E-state index in [0.717, 1.165) is 11.1 Å². The summed E-state index contributed by atoms with van der Waals surface area (Å²) in [5, 5.41) is 12.6. The topological polar surface area (TPSA) is 97.3 Å². The number of amides is 2. The summed E-state index contributed by atoms with van der Waals surface area (Å²) in [6.45, 7) is -0.131. The van der Waals surface area contributed by atoms with Crippen LogP contribution in [0.3, 0.4) is 0 Å². The van der Waals surface area contributed by atoms with Crippen molar-refractivity contribution in [2.75, 3.05) is 38.1 Å². The number of hydrogen-bond donors (Lipinski definition) is 2. The van der Waals surface area contributed by atoms with E-state index in [0.29, 0.717) is 28.6 Å². The maximum absolute atomic E-state index is 13.4. The number of fused-ring (bicyclic) bond motifs is 1. The van der Waals surface area contributed by atoms with Crippen molar-refractivity contribution in [2.24, 2.45) is 0 Å². The lowest BCUT2D eigenvalue weighted by Crippen LogP contribution is -2.42. The highest BCUT2D eigenvalue weighted by molar-refractivity contribution is 6.15.